The molecule has 1 aliphatic rings. The van der Waals surface area contributed by atoms with Gasteiger partial charge in [-0.15, -0.1) is 11.6 Å². The topological polar surface area (TPSA) is 74.7 Å². The quantitative estimate of drug-likeness (QED) is 0.839. The number of sulfone groups is 1. The lowest BCUT2D eigenvalue weighted by atomic mass is 10.1. The van der Waals surface area contributed by atoms with E-state index in [9.17, 15) is 18.3 Å². The first-order valence-electron chi connectivity index (χ1n) is 6.25. The Labute approximate surface area is 123 Å². The van der Waals surface area contributed by atoms with Crippen molar-refractivity contribution < 1.29 is 18.3 Å². The van der Waals surface area contributed by atoms with E-state index >= 15 is 0 Å². The van der Waals surface area contributed by atoms with Crippen LogP contribution in [0.2, 0.25) is 0 Å². The molecule has 0 radical (unpaired) electrons. The summed E-state index contributed by atoms with van der Waals surface area (Å²) in [7, 11) is -3.11. The largest absolute Gasteiger partial charge is 0.392 e. The molecule has 5 nitrogen and oxygen atoms in total. The third-order valence-corrected chi connectivity index (χ3v) is 5.36. The van der Waals surface area contributed by atoms with Gasteiger partial charge in [0.15, 0.2) is 9.84 Å². The molecule has 1 heterocycles. The number of halogens is 1. The molecule has 0 spiro atoms. The third-order valence-electron chi connectivity index (χ3n) is 3.38. The molecule has 1 aromatic carbocycles. The number of carbonyl (C=O) groups is 1. The summed E-state index contributed by atoms with van der Waals surface area (Å²) in [6.45, 7) is -0.221. The minimum Gasteiger partial charge on any atom is -0.392 e. The zero-order valence-corrected chi connectivity index (χ0v) is 12.4. The van der Waals surface area contributed by atoms with Gasteiger partial charge in [0.25, 0.3) is 0 Å². The van der Waals surface area contributed by atoms with Gasteiger partial charge in [-0.1, -0.05) is 18.2 Å². The van der Waals surface area contributed by atoms with E-state index < -0.39 is 15.9 Å². The Morgan fingerprint density at radius 1 is 1.40 bits per heavy atom. The van der Waals surface area contributed by atoms with E-state index in [1.165, 1.54) is 4.90 Å². The number of hydrogen-bond donors (Lipinski definition) is 1. The van der Waals surface area contributed by atoms with Crippen LogP contribution in [0.5, 0.6) is 0 Å². The number of alkyl halides is 1. The van der Waals surface area contributed by atoms with Gasteiger partial charge in [0.1, 0.15) is 5.88 Å². The molecule has 2 rings (SSSR count). The lowest BCUT2D eigenvalue weighted by molar-refractivity contribution is -0.116. The zero-order valence-electron chi connectivity index (χ0n) is 10.8. The van der Waals surface area contributed by atoms with Gasteiger partial charge in [-0.05, 0) is 12.5 Å². The fourth-order valence-corrected chi connectivity index (χ4v) is 4.29. The summed E-state index contributed by atoms with van der Waals surface area (Å²) in [5.74, 6) is -0.564. The molecule has 0 saturated carbocycles. The smallest absolute Gasteiger partial charge is 0.242 e. The van der Waals surface area contributed by atoms with Crippen LogP contribution in [0.1, 0.15) is 12.0 Å². The second-order valence-electron chi connectivity index (χ2n) is 4.74. The average Bonchev–Trinajstić information content (AvgIpc) is 2.79. The second kappa shape index (κ2) is 6.11. The number of rotatable bonds is 4. The molecule has 7 heteroatoms. The first kappa shape index (κ1) is 15.3. The Balaban J connectivity index is 2.41. The summed E-state index contributed by atoms with van der Waals surface area (Å²) in [5.41, 5.74) is 1.11. The van der Waals surface area contributed by atoms with Crippen LogP contribution in [0, 0.1) is 0 Å². The predicted octanol–water partition coefficient (Wildman–Crippen LogP) is 0.938. The van der Waals surface area contributed by atoms with Gasteiger partial charge in [-0.3, -0.25) is 4.79 Å². The van der Waals surface area contributed by atoms with Gasteiger partial charge in [-0.25, -0.2) is 8.42 Å². The number of aliphatic hydroxyl groups is 1. The van der Waals surface area contributed by atoms with Crippen LogP contribution in [0.15, 0.2) is 24.3 Å². The molecule has 1 N–H and O–H groups in total. The number of hydrogen-bond acceptors (Lipinski definition) is 4. The van der Waals surface area contributed by atoms with Gasteiger partial charge in [0, 0.05) is 11.3 Å². The summed E-state index contributed by atoms with van der Waals surface area (Å²) in [5, 5.41) is 9.38. The zero-order chi connectivity index (χ0) is 14.8. The van der Waals surface area contributed by atoms with Crippen molar-refractivity contribution in [3.63, 3.8) is 0 Å². The highest BCUT2D eigenvalue weighted by Crippen LogP contribution is 2.28. The van der Waals surface area contributed by atoms with E-state index in [1.54, 1.807) is 24.3 Å². The molecule has 0 unspecified atom stereocenters. The van der Waals surface area contributed by atoms with Crippen LogP contribution in [0.3, 0.4) is 0 Å². The molecule has 110 valence electrons. The standard InChI is InChI=1S/C13H16ClNO4S/c14-7-13(17)15(11-5-6-20(18,19)9-11)12-4-2-1-3-10(12)8-16/h1-4,11,16H,5-9H2/t11-/m1/s1. The number of nitrogens with zero attached hydrogens (tertiary/aromatic N) is 1. The van der Waals surface area contributed by atoms with Gasteiger partial charge in [-0.2, -0.15) is 0 Å². The van der Waals surface area contributed by atoms with Crippen molar-refractivity contribution in [2.75, 3.05) is 22.3 Å². The molecule has 1 amide bonds. The number of carbonyl (C=O) groups excluding carboxylic acids is 1. The van der Waals surface area contributed by atoms with Gasteiger partial charge < -0.3 is 10.0 Å². The fourth-order valence-electron chi connectivity index (χ4n) is 2.46. The van der Waals surface area contributed by atoms with Crippen LogP contribution in [-0.4, -0.2) is 42.9 Å². The summed E-state index contributed by atoms with van der Waals surface area (Å²) < 4.78 is 23.2. The highest BCUT2D eigenvalue weighted by atomic mass is 35.5. The normalized spacial score (nSPS) is 20.8. The highest BCUT2D eigenvalue weighted by Gasteiger charge is 2.35. The van der Waals surface area contributed by atoms with Crippen LogP contribution in [0.25, 0.3) is 0 Å². The van der Waals surface area contributed by atoms with E-state index in [2.05, 4.69) is 0 Å². The van der Waals surface area contributed by atoms with Crippen molar-refractivity contribution in [2.24, 2.45) is 0 Å². The van der Waals surface area contributed by atoms with Crippen LogP contribution < -0.4 is 4.90 Å². The van der Waals surface area contributed by atoms with E-state index in [-0.39, 0.29) is 29.9 Å². The Bertz CT molecular complexity index is 602. The van der Waals surface area contributed by atoms with Crippen LogP contribution in [-0.2, 0) is 21.2 Å². The minimum absolute atomic E-state index is 0.0601. The Morgan fingerprint density at radius 2 is 2.10 bits per heavy atom. The fraction of sp³-hybridized carbons (Fsp3) is 0.462. The molecular weight excluding hydrogens is 302 g/mol. The monoisotopic (exact) mass is 317 g/mol. The number of benzene rings is 1. The molecule has 20 heavy (non-hydrogen) atoms. The van der Waals surface area contributed by atoms with Crippen LogP contribution >= 0.6 is 11.6 Å². The van der Waals surface area contributed by atoms with Crippen molar-refractivity contribution in [1.82, 2.24) is 0 Å². The van der Waals surface area contributed by atoms with Crippen molar-refractivity contribution in [2.45, 2.75) is 19.1 Å². The Morgan fingerprint density at radius 3 is 2.65 bits per heavy atom. The van der Waals surface area contributed by atoms with Crippen LogP contribution in [0.4, 0.5) is 5.69 Å². The maximum atomic E-state index is 12.1. The summed E-state index contributed by atoms with van der Waals surface area (Å²) in [4.78, 5) is 13.5. The Hall–Kier alpha value is -1.11. The summed E-state index contributed by atoms with van der Waals surface area (Å²) in [6, 6.07) is 6.48. The lowest BCUT2D eigenvalue weighted by Crippen LogP contribution is -2.42. The number of amides is 1. The molecule has 1 aromatic rings. The number of para-hydroxylation sites is 1. The van der Waals surface area contributed by atoms with E-state index in [0.717, 1.165) is 0 Å². The van der Waals surface area contributed by atoms with E-state index in [4.69, 9.17) is 11.6 Å². The molecule has 1 saturated heterocycles. The first-order chi connectivity index (χ1) is 9.48. The summed E-state index contributed by atoms with van der Waals surface area (Å²) >= 11 is 5.64. The molecule has 1 atom stereocenters. The number of aliphatic hydroxyl groups excluding tert-OH is 1. The van der Waals surface area contributed by atoms with Gasteiger partial charge >= 0.3 is 0 Å². The SMILES string of the molecule is O=C(CCl)N(c1ccccc1CO)[C@@H]1CCS(=O)(=O)C1. The summed E-state index contributed by atoms with van der Waals surface area (Å²) in [6.07, 6.45) is 0.394. The third kappa shape index (κ3) is 3.13. The molecule has 1 fully saturated rings. The molecule has 0 aliphatic carbocycles. The number of anilines is 1. The Kier molecular flexibility index (Phi) is 4.67. The average molecular weight is 318 g/mol. The lowest BCUT2D eigenvalue weighted by Gasteiger charge is -2.29. The predicted molar refractivity (Wildman–Crippen MR) is 77.6 cm³/mol. The van der Waals surface area contributed by atoms with E-state index in [0.29, 0.717) is 17.7 Å². The minimum atomic E-state index is -3.11. The molecule has 0 bridgehead atoms. The van der Waals surface area contributed by atoms with E-state index in [1.807, 2.05) is 0 Å². The first-order valence-corrected chi connectivity index (χ1v) is 8.61. The molecule has 0 aromatic heterocycles. The second-order valence-corrected chi connectivity index (χ2v) is 7.24. The highest BCUT2D eigenvalue weighted by molar-refractivity contribution is 7.91. The maximum absolute atomic E-state index is 12.1. The van der Waals surface area contributed by atoms with Crippen molar-refractivity contribution in [3.05, 3.63) is 29.8 Å². The molecule has 1 aliphatic heterocycles. The van der Waals surface area contributed by atoms with Crippen molar-refractivity contribution >= 4 is 33.0 Å². The van der Waals surface area contributed by atoms with Gasteiger partial charge in [0.2, 0.25) is 5.91 Å². The van der Waals surface area contributed by atoms with Gasteiger partial charge in [0.05, 0.1) is 24.2 Å². The van der Waals surface area contributed by atoms with Crippen molar-refractivity contribution in [3.8, 4) is 0 Å². The molecular formula is C13H16ClNO4S. The maximum Gasteiger partial charge on any atom is 0.242 e. The van der Waals surface area contributed by atoms with Crippen molar-refractivity contribution in [1.29, 1.82) is 0 Å².